The van der Waals surface area contributed by atoms with E-state index >= 15 is 0 Å². The number of ether oxygens (including phenoxy) is 1. The summed E-state index contributed by atoms with van der Waals surface area (Å²) < 4.78 is 20.7. The number of aromatic carboxylic acids is 1. The Morgan fingerprint density at radius 2 is 2.23 bits per heavy atom. The highest BCUT2D eigenvalue weighted by Gasteiger charge is 2.34. The highest BCUT2D eigenvalue weighted by atomic mass is 19.1. The number of cyclic esters (lactones) is 1. The van der Waals surface area contributed by atoms with Crippen molar-refractivity contribution in [1.29, 1.82) is 0 Å². The number of carboxylic acids is 1. The number of anilines is 1. The van der Waals surface area contributed by atoms with E-state index in [2.05, 4.69) is 10.3 Å². The summed E-state index contributed by atoms with van der Waals surface area (Å²) in [5.74, 6) is -2.14. The van der Waals surface area contributed by atoms with Gasteiger partial charge >= 0.3 is 12.1 Å². The molecule has 1 aromatic heterocycles. The first-order chi connectivity index (χ1) is 12.4. The van der Waals surface area contributed by atoms with Crippen LogP contribution in [-0.4, -0.2) is 51.8 Å². The average molecular weight is 362 g/mol. The van der Waals surface area contributed by atoms with Gasteiger partial charge in [0.1, 0.15) is 18.8 Å². The Morgan fingerprint density at radius 3 is 2.85 bits per heavy atom. The van der Waals surface area contributed by atoms with Gasteiger partial charge in [0.15, 0.2) is 5.69 Å². The lowest BCUT2D eigenvalue weighted by Crippen LogP contribution is -2.42. The normalized spacial score (nSPS) is 16.5. The van der Waals surface area contributed by atoms with Crippen molar-refractivity contribution < 1.29 is 28.6 Å². The molecule has 1 unspecified atom stereocenters. The molecule has 2 amide bonds. The zero-order chi connectivity index (χ0) is 18.8. The van der Waals surface area contributed by atoms with E-state index in [4.69, 9.17) is 9.84 Å². The number of nitrogens with one attached hydrogen (secondary N) is 1. The number of hydrogen-bond donors (Lipinski definition) is 2. The molecule has 1 aliphatic heterocycles. The molecule has 0 spiro atoms. The van der Waals surface area contributed by atoms with Crippen LogP contribution in [0.15, 0.2) is 30.7 Å². The Balaban J connectivity index is 1.86. The van der Waals surface area contributed by atoms with Gasteiger partial charge in [-0.25, -0.2) is 19.0 Å². The molecule has 0 saturated carbocycles. The van der Waals surface area contributed by atoms with E-state index in [1.165, 1.54) is 41.0 Å². The molecule has 1 saturated heterocycles. The van der Waals surface area contributed by atoms with E-state index in [1.807, 2.05) is 0 Å². The molecule has 0 bridgehead atoms. The molecule has 1 fully saturated rings. The topological polar surface area (TPSA) is 114 Å². The number of imidazole rings is 1. The number of carbonyl (C=O) groups is 3. The number of rotatable bonds is 5. The minimum atomic E-state index is -1.22. The Labute approximate surface area is 147 Å². The number of carboxylic acid groups (broad SMARTS) is 1. The molecule has 136 valence electrons. The molecule has 0 aliphatic carbocycles. The van der Waals surface area contributed by atoms with E-state index in [9.17, 15) is 18.8 Å². The molecule has 1 aliphatic rings. The molecule has 2 aromatic rings. The van der Waals surface area contributed by atoms with Gasteiger partial charge in [-0.15, -0.1) is 0 Å². The predicted molar refractivity (Wildman–Crippen MR) is 86.8 cm³/mol. The van der Waals surface area contributed by atoms with Crippen LogP contribution in [-0.2, 0) is 9.53 Å². The number of aromatic nitrogens is 2. The third-order valence-electron chi connectivity index (χ3n) is 3.84. The van der Waals surface area contributed by atoms with Crippen LogP contribution in [0.2, 0.25) is 0 Å². The van der Waals surface area contributed by atoms with Crippen LogP contribution in [0.25, 0.3) is 5.69 Å². The van der Waals surface area contributed by atoms with Crippen molar-refractivity contribution in [3.05, 3.63) is 42.2 Å². The van der Waals surface area contributed by atoms with Crippen LogP contribution in [0, 0.1) is 5.82 Å². The van der Waals surface area contributed by atoms with Gasteiger partial charge in [0.2, 0.25) is 5.91 Å². The number of nitrogens with zero attached hydrogens (tertiary/aromatic N) is 3. The number of halogens is 1. The highest BCUT2D eigenvalue weighted by molar-refractivity contribution is 5.90. The molecule has 0 radical (unpaired) electrons. The summed E-state index contributed by atoms with van der Waals surface area (Å²) in [6, 6.07) is 3.59. The highest BCUT2D eigenvalue weighted by Crippen LogP contribution is 2.26. The molecule has 9 nitrogen and oxygen atoms in total. The van der Waals surface area contributed by atoms with Gasteiger partial charge in [0.05, 0.1) is 17.4 Å². The average Bonchev–Trinajstić information content (AvgIpc) is 3.20. The fourth-order valence-electron chi connectivity index (χ4n) is 2.61. The second kappa shape index (κ2) is 6.82. The largest absolute Gasteiger partial charge is 0.476 e. The molecule has 3 rings (SSSR count). The first-order valence-corrected chi connectivity index (χ1v) is 7.64. The van der Waals surface area contributed by atoms with Crippen molar-refractivity contribution >= 4 is 23.7 Å². The van der Waals surface area contributed by atoms with Crippen LogP contribution < -0.4 is 10.2 Å². The van der Waals surface area contributed by atoms with E-state index < -0.39 is 23.9 Å². The minimum absolute atomic E-state index is 0.0754. The summed E-state index contributed by atoms with van der Waals surface area (Å²) in [6.07, 6.45) is 1.73. The summed E-state index contributed by atoms with van der Waals surface area (Å²) in [4.78, 5) is 38.8. The van der Waals surface area contributed by atoms with E-state index in [-0.39, 0.29) is 36.1 Å². The molecule has 10 heteroatoms. The van der Waals surface area contributed by atoms with Crippen LogP contribution >= 0.6 is 0 Å². The maximum absolute atomic E-state index is 14.5. The third kappa shape index (κ3) is 3.34. The maximum atomic E-state index is 14.5. The maximum Gasteiger partial charge on any atom is 0.414 e. The number of carbonyl (C=O) groups excluding carboxylic acids is 2. The van der Waals surface area contributed by atoms with Gasteiger partial charge in [-0.05, 0) is 18.2 Å². The second-order valence-electron chi connectivity index (χ2n) is 5.64. The summed E-state index contributed by atoms with van der Waals surface area (Å²) in [6.45, 7) is 1.60. The lowest BCUT2D eigenvalue weighted by molar-refractivity contribution is -0.119. The van der Waals surface area contributed by atoms with Crippen molar-refractivity contribution in [1.82, 2.24) is 14.9 Å². The molecule has 2 heterocycles. The van der Waals surface area contributed by atoms with Gasteiger partial charge in [-0.1, -0.05) is 0 Å². The van der Waals surface area contributed by atoms with Crippen LogP contribution in [0.4, 0.5) is 14.9 Å². The smallest absolute Gasteiger partial charge is 0.414 e. The molecule has 2 N–H and O–H groups in total. The van der Waals surface area contributed by atoms with E-state index in [0.717, 1.165) is 6.07 Å². The Morgan fingerprint density at radius 1 is 1.46 bits per heavy atom. The zero-order valence-corrected chi connectivity index (χ0v) is 13.7. The number of benzene rings is 1. The number of amides is 2. The predicted octanol–water partition coefficient (Wildman–Crippen LogP) is 1.17. The summed E-state index contributed by atoms with van der Waals surface area (Å²) in [7, 11) is 0. The summed E-state index contributed by atoms with van der Waals surface area (Å²) in [5, 5.41) is 11.5. The summed E-state index contributed by atoms with van der Waals surface area (Å²) in [5.41, 5.74) is 0.134. The van der Waals surface area contributed by atoms with Gasteiger partial charge in [0.25, 0.3) is 0 Å². The Kier molecular flexibility index (Phi) is 4.57. The Bertz CT molecular complexity index is 881. The molecule has 1 atom stereocenters. The Hall–Kier alpha value is -3.43. The van der Waals surface area contributed by atoms with Crippen molar-refractivity contribution in [2.75, 3.05) is 18.1 Å². The molecular formula is C16H15FN4O5. The first-order valence-electron chi connectivity index (χ1n) is 7.64. The lowest BCUT2D eigenvalue weighted by atomic mass is 10.2. The van der Waals surface area contributed by atoms with Crippen molar-refractivity contribution in [2.24, 2.45) is 0 Å². The summed E-state index contributed by atoms with van der Waals surface area (Å²) >= 11 is 0. The zero-order valence-electron chi connectivity index (χ0n) is 13.7. The van der Waals surface area contributed by atoms with Gasteiger partial charge < -0.3 is 19.7 Å². The third-order valence-corrected chi connectivity index (χ3v) is 3.84. The van der Waals surface area contributed by atoms with Gasteiger partial charge in [-0.2, -0.15) is 0 Å². The molecule has 26 heavy (non-hydrogen) atoms. The quantitative estimate of drug-likeness (QED) is 0.825. The molecule has 1 aromatic carbocycles. The standard InChI is InChI=1S/C16H15FN4O5/c1-9(22)18-5-11-7-26-16(25)21(11)10-2-3-14(12(17)4-10)20-6-13(15(23)24)19-8-20/h2-4,6,8,11H,5,7H2,1H3,(H,18,22)(H,23,24). The monoisotopic (exact) mass is 362 g/mol. The van der Waals surface area contributed by atoms with Crippen LogP contribution in [0.1, 0.15) is 17.4 Å². The van der Waals surface area contributed by atoms with E-state index in [0.29, 0.717) is 0 Å². The SMILES string of the molecule is CC(=O)NCC1COC(=O)N1c1ccc(-n2cnc(C(=O)O)c2)c(F)c1. The molecular weight excluding hydrogens is 347 g/mol. The van der Waals surface area contributed by atoms with Crippen molar-refractivity contribution in [3.8, 4) is 5.69 Å². The van der Waals surface area contributed by atoms with Crippen molar-refractivity contribution in [2.45, 2.75) is 13.0 Å². The van der Waals surface area contributed by atoms with Gasteiger partial charge in [0, 0.05) is 19.7 Å². The van der Waals surface area contributed by atoms with Crippen LogP contribution in [0.3, 0.4) is 0 Å². The lowest BCUT2D eigenvalue weighted by Gasteiger charge is -2.22. The fraction of sp³-hybridized carbons (Fsp3) is 0.250. The number of hydrogen-bond acceptors (Lipinski definition) is 5. The van der Waals surface area contributed by atoms with Crippen molar-refractivity contribution in [3.63, 3.8) is 0 Å². The van der Waals surface area contributed by atoms with E-state index in [1.54, 1.807) is 0 Å². The fourth-order valence-corrected chi connectivity index (χ4v) is 2.61. The van der Waals surface area contributed by atoms with Crippen LogP contribution in [0.5, 0.6) is 0 Å². The van der Waals surface area contributed by atoms with Gasteiger partial charge in [-0.3, -0.25) is 9.69 Å². The first kappa shape index (κ1) is 17.4. The minimum Gasteiger partial charge on any atom is -0.476 e. The second-order valence-corrected chi connectivity index (χ2v) is 5.64.